The van der Waals surface area contributed by atoms with E-state index in [1.165, 1.54) is 11.1 Å². The lowest BCUT2D eigenvalue weighted by Crippen LogP contribution is -2.46. The summed E-state index contributed by atoms with van der Waals surface area (Å²) in [5.41, 5.74) is 3.62. The first-order chi connectivity index (χ1) is 20.5. The van der Waals surface area contributed by atoms with Gasteiger partial charge in [0.15, 0.2) is 0 Å². The normalized spacial score (nSPS) is 23.5. The molecule has 43 heavy (non-hydrogen) atoms. The highest BCUT2D eigenvalue weighted by molar-refractivity contribution is 7.90. The number of hydrogen-bond acceptors (Lipinski definition) is 6. The number of anilines is 1. The molecule has 1 amide bonds. The topological polar surface area (TPSA) is 86.8 Å². The summed E-state index contributed by atoms with van der Waals surface area (Å²) < 4.78 is 28.4. The van der Waals surface area contributed by atoms with Crippen LogP contribution < -0.4 is 9.62 Å². The third kappa shape index (κ3) is 5.73. The molecule has 1 heterocycles. The lowest BCUT2D eigenvalue weighted by atomic mass is 9.70. The fourth-order valence-electron chi connectivity index (χ4n) is 7.47. The van der Waals surface area contributed by atoms with Crippen LogP contribution in [0.2, 0.25) is 5.02 Å². The maximum atomic E-state index is 13.1. The summed E-state index contributed by atoms with van der Waals surface area (Å²) in [7, 11) is -3.99. The van der Waals surface area contributed by atoms with Gasteiger partial charge in [0.25, 0.3) is 5.91 Å². The minimum Gasteiger partial charge on any atom is -0.369 e. The van der Waals surface area contributed by atoms with Crippen molar-refractivity contribution in [2.75, 3.05) is 36.8 Å². The average Bonchev–Trinajstić information content (AvgIpc) is 3.32. The summed E-state index contributed by atoms with van der Waals surface area (Å²) in [6, 6.07) is 23.5. The number of amides is 1. The van der Waals surface area contributed by atoms with Gasteiger partial charge in [0, 0.05) is 55.4 Å². The molecule has 6 rings (SSSR count). The highest BCUT2D eigenvalue weighted by Gasteiger charge is 2.65. The van der Waals surface area contributed by atoms with E-state index in [4.69, 9.17) is 11.6 Å². The van der Waals surface area contributed by atoms with Crippen LogP contribution in [0.4, 0.5) is 5.69 Å². The summed E-state index contributed by atoms with van der Waals surface area (Å²) in [6.45, 7) is 8.31. The Labute approximate surface area is 259 Å². The highest BCUT2D eigenvalue weighted by Crippen LogP contribution is 2.64. The number of hydrogen-bond donors (Lipinski definition) is 1. The number of fused-ring (bicyclic) bond motifs is 2. The van der Waals surface area contributed by atoms with E-state index in [0.29, 0.717) is 12.8 Å². The minimum absolute atomic E-state index is 0.0155. The molecule has 1 saturated heterocycles. The van der Waals surface area contributed by atoms with Crippen molar-refractivity contribution in [3.05, 3.63) is 88.9 Å². The number of rotatable bonds is 8. The zero-order valence-corrected chi connectivity index (χ0v) is 26.3. The monoisotopic (exact) mass is 619 g/mol. The summed E-state index contributed by atoms with van der Waals surface area (Å²) in [4.78, 5) is 30.5. The van der Waals surface area contributed by atoms with E-state index >= 15 is 0 Å². The molecule has 9 heteroatoms. The smallest absolute Gasteiger partial charge is 0.264 e. The van der Waals surface area contributed by atoms with Gasteiger partial charge in [-0.05, 0) is 77.3 Å². The number of nitrogens with one attached hydrogen (secondary N) is 1. The average molecular weight is 620 g/mol. The zero-order chi connectivity index (χ0) is 30.4. The Morgan fingerprint density at radius 3 is 2.26 bits per heavy atom. The molecule has 7 nitrogen and oxygen atoms in total. The van der Waals surface area contributed by atoms with Gasteiger partial charge in [-0.15, -0.1) is 0 Å². The predicted octanol–water partition coefficient (Wildman–Crippen LogP) is 5.78. The first-order valence-electron chi connectivity index (χ1n) is 15.0. The number of carbonyl (C=O) groups is 2. The summed E-state index contributed by atoms with van der Waals surface area (Å²) in [5, 5.41) is 0.726. The molecule has 2 aliphatic carbocycles. The van der Waals surface area contributed by atoms with E-state index in [-0.39, 0.29) is 28.4 Å². The molecule has 3 aromatic rings. The number of sulfonamides is 1. The minimum atomic E-state index is -3.99. The van der Waals surface area contributed by atoms with Crippen LogP contribution in [-0.4, -0.2) is 56.9 Å². The standard InChI is InChI=1S/C34H38ClN3O4S/c1-33(2)27-15-16-34(33,31(39)21-27)23-43(41,42)36-32(40)25-9-13-29(14-10-25)38-19-17-37(18-20-38)22-26-5-3-4-6-30(26)24-7-11-28(35)12-8-24/h3-14,27H,15-23H2,1-2H3,(H,36,40)/t27-,34-/m1/s1. The Bertz CT molecular complexity index is 1630. The molecule has 3 fully saturated rings. The van der Waals surface area contributed by atoms with Crippen LogP contribution in [0.15, 0.2) is 72.8 Å². The van der Waals surface area contributed by atoms with Crippen molar-refractivity contribution in [1.82, 2.24) is 9.62 Å². The van der Waals surface area contributed by atoms with Crippen LogP contribution in [0, 0.1) is 16.7 Å². The molecule has 0 spiro atoms. The molecule has 0 unspecified atom stereocenters. The van der Waals surface area contributed by atoms with Gasteiger partial charge in [0.2, 0.25) is 10.0 Å². The number of nitrogens with zero attached hydrogens (tertiary/aromatic N) is 2. The fourth-order valence-corrected chi connectivity index (χ4v) is 9.39. The van der Waals surface area contributed by atoms with Crippen molar-refractivity contribution in [1.29, 1.82) is 0 Å². The van der Waals surface area contributed by atoms with E-state index in [1.807, 2.05) is 38.1 Å². The van der Waals surface area contributed by atoms with Gasteiger partial charge in [-0.2, -0.15) is 0 Å². The molecule has 0 aromatic heterocycles. The van der Waals surface area contributed by atoms with E-state index in [1.54, 1.807) is 12.1 Å². The molecule has 0 radical (unpaired) electrons. The molecule has 1 N–H and O–H groups in total. The Kier molecular flexibility index (Phi) is 7.90. The Hall–Kier alpha value is -3.20. The molecule has 226 valence electrons. The van der Waals surface area contributed by atoms with Crippen LogP contribution in [0.3, 0.4) is 0 Å². The first kappa shape index (κ1) is 29.9. The number of carbonyl (C=O) groups excluding carboxylic acids is 2. The fraction of sp³-hybridized carbons (Fsp3) is 0.412. The third-order valence-corrected chi connectivity index (χ3v) is 11.9. The maximum absolute atomic E-state index is 13.1. The van der Waals surface area contributed by atoms with Gasteiger partial charge in [0.1, 0.15) is 5.78 Å². The van der Waals surface area contributed by atoms with E-state index < -0.39 is 21.3 Å². The molecule has 1 aliphatic heterocycles. The number of benzene rings is 3. The Balaban J connectivity index is 1.05. The largest absolute Gasteiger partial charge is 0.369 e. The van der Waals surface area contributed by atoms with Crippen molar-refractivity contribution < 1.29 is 18.0 Å². The van der Waals surface area contributed by atoms with Gasteiger partial charge < -0.3 is 4.90 Å². The van der Waals surface area contributed by atoms with Gasteiger partial charge in [-0.1, -0.05) is 61.8 Å². The van der Waals surface area contributed by atoms with Crippen LogP contribution >= 0.6 is 11.6 Å². The molecular weight excluding hydrogens is 582 g/mol. The van der Waals surface area contributed by atoms with Crippen molar-refractivity contribution in [3.63, 3.8) is 0 Å². The zero-order valence-electron chi connectivity index (χ0n) is 24.7. The van der Waals surface area contributed by atoms with E-state index in [0.717, 1.165) is 55.4 Å². The number of ketones is 1. The quantitative estimate of drug-likeness (QED) is 0.344. The van der Waals surface area contributed by atoms with Crippen LogP contribution in [0.5, 0.6) is 0 Å². The summed E-state index contributed by atoms with van der Waals surface area (Å²) in [5.74, 6) is -0.766. The van der Waals surface area contributed by atoms with Crippen molar-refractivity contribution >= 4 is 39.0 Å². The van der Waals surface area contributed by atoms with Gasteiger partial charge in [0.05, 0.1) is 11.2 Å². The Morgan fingerprint density at radius 1 is 0.953 bits per heavy atom. The maximum Gasteiger partial charge on any atom is 0.264 e. The second kappa shape index (κ2) is 11.4. The van der Waals surface area contributed by atoms with Crippen LogP contribution in [0.25, 0.3) is 11.1 Å². The lowest BCUT2D eigenvalue weighted by molar-refractivity contribution is -0.128. The van der Waals surface area contributed by atoms with Crippen molar-refractivity contribution in [2.24, 2.45) is 16.7 Å². The van der Waals surface area contributed by atoms with E-state index in [9.17, 15) is 18.0 Å². The van der Waals surface area contributed by atoms with Crippen molar-refractivity contribution in [2.45, 2.75) is 39.7 Å². The number of piperazine rings is 1. The van der Waals surface area contributed by atoms with Crippen LogP contribution in [-0.2, 0) is 21.4 Å². The Morgan fingerprint density at radius 2 is 1.63 bits per heavy atom. The molecule has 3 aromatic carbocycles. The van der Waals surface area contributed by atoms with Crippen molar-refractivity contribution in [3.8, 4) is 11.1 Å². The predicted molar refractivity (Wildman–Crippen MR) is 171 cm³/mol. The molecule has 2 bridgehead atoms. The molecular formula is C34H38ClN3O4S. The second-order valence-corrected chi connectivity index (χ2v) is 15.0. The lowest BCUT2D eigenvalue weighted by Gasteiger charge is -2.36. The van der Waals surface area contributed by atoms with E-state index in [2.05, 4.69) is 50.9 Å². The van der Waals surface area contributed by atoms with Gasteiger partial charge in [-0.3, -0.25) is 14.5 Å². The highest BCUT2D eigenvalue weighted by atomic mass is 35.5. The number of Topliss-reactive ketones (excluding diaryl/α,β-unsaturated/α-hetero) is 1. The van der Waals surface area contributed by atoms with Gasteiger partial charge >= 0.3 is 0 Å². The van der Waals surface area contributed by atoms with Gasteiger partial charge in [-0.25, -0.2) is 13.1 Å². The molecule has 2 atom stereocenters. The number of halogens is 1. The molecule has 2 saturated carbocycles. The molecule has 3 aliphatic rings. The third-order valence-electron chi connectivity index (χ3n) is 10.3. The van der Waals surface area contributed by atoms with Crippen LogP contribution in [0.1, 0.15) is 49.0 Å². The summed E-state index contributed by atoms with van der Waals surface area (Å²) in [6.07, 6.45) is 1.85. The first-order valence-corrected chi connectivity index (χ1v) is 17.0. The SMILES string of the molecule is CC1(C)[C@@H]2CC[C@@]1(CS(=O)(=O)NC(=O)c1ccc(N3CCN(Cc4ccccc4-c4ccc(Cl)cc4)CC3)cc1)C(=O)C2. The summed E-state index contributed by atoms with van der Waals surface area (Å²) >= 11 is 6.09. The second-order valence-electron chi connectivity index (χ2n) is 12.8.